The van der Waals surface area contributed by atoms with Crippen molar-refractivity contribution in [2.24, 2.45) is 0 Å². The van der Waals surface area contributed by atoms with E-state index in [1.807, 2.05) is 0 Å². The molecule has 0 aliphatic carbocycles. The van der Waals surface area contributed by atoms with E-state index in [4.69, 9.17) is 16.3 Å². The van der Waals surface area contributed by atoms with Crippen LogP contribution < -0.4 is 10.6 Å². The first-order valence-electron chi connectivity index (χ1n) is 5.24. The van der Waals surface area contributed by atoms with Gasteiger partial charge in [-0.2, -0.15) is 0 Å². The zero-order valence-electron chi connectivity index (χ0n) is 9.00. The summed E-state index contributed by atoms with van der Waals surface area (Å²) in [4.78, 5) is 11.9. The Labute approximate surface area is 113 Å². The van der Waals surface area contributed by atoms with Gasteiger partial charge in [-0.1, -0.05) is 11.6 Å². The Morgan fingerprint density at radius 1 is 1.59 bits per heavy atom. The van der Waals surface area contributed by atoms with Crippen LogP contribution >= 0.6 is 27.5 Å². The minimum atomic E-state index is -0.300. The zero-order valence-corrected chi connectivity index (χ0v) is 11.3. The van der Waals surface area contributed by atoms with Crippen molar-refractivity contribution in [2.45, 2.75) is 6.04 Å². The van der Waals surface area contributed by atoms with Crippen LogP contribution in [0.4, 0.5) is 5.69 Å². The van der Waals surface area contributed by atoms with Crippen LogP contribution in [0.2, 0.25) is 5.02 Å². The predicted octanol–water partition coefficient (Wildman–Crippen LogP) is 2.03. The Kier molecular flexibility index (Phi) is 4.39. The predicted molar refractivity (Wildman–Crippen MR) is 70.4 cm³/mol. The maximum absolute atomic E-state index is 11.9. The number of benzene rings is 1. The molecule has 17 heavy (non-hydrogen) atoms. The molecule has 0 bridgehead atoms. The van der Waals surface area contributed by atoms with Gasteiger partial charge in [0.05, 0.1) is 18.2 Å². The van der Waals surface area contributed by atoms with Crippen LogP contribution in [0.5, 0.6) is 0 Å². The van der Waals surface area contributed by atoms with Crippen LogP contribution in [0.3, 0.4) is 0 Å². The lowest BCUT2D eigenvalue weighted by atomic mass is 10.2. The van der Waals surface area contributed by atoms with Gasteiger partial charge in [0.15, 0.2) is 0 Å². The molecule has 2 N–H and O–H groups in total. The van der Waals surface area contributed by atoms with Gasteiger partial charge in [0.25, 0.3) is 0 Å². The smallest absolute Gasteiger partial charge is 0.243 e. The maximum Gasteiger partial charge on any atom is 0.243 e. The Bertz CT molecular complexity index is 422. The number of hydrogen-bond donors (Lipinski definition) is 2. The van der Waals surface area contributed by atoms with Crippen LogP contribution in [0, 0.1) is 0 Å². The topological polar surface area (TPSA) is 50.4 Å². The van der Waals surface area contributed by atoms with Gasteiger partial charge in [0.2, 0.25) is 5.91 Å². The van der Waals surface area contributed by atoms with Gasteiger partial charge in [-0.25, -0.2) is 0 Å². The molecule has 1 aliphatic rings. The number of ether oxygens (including phenoxy) is 1. The molecular weight excluding hydrogens is 307 g/mol. The van der Waals surface area contributed by atoms with E-state index in [0.29, 0.717) is 30.5 Å². The molecule has 1 fully saturated rings. The minimum Gasteiger partial charge on any atom is -0.378 e. The van der Waals surface area contributed by atoms with Crippen molar-refractivity contribution in [1.82, 2.24) is 5.32 Å². The Morgan fingerprint density at radius 2 is 2.41 bits per heavy atom. The minimum absolute atomic E-state index is 0.108. The second kappa shape index (κ2) is 5.82. The number of carbonyl (C=O) groups excluding carboxylic acids is 1. The number of anilines is 1. The van der Waals surface area contributed by atoms with Crippen LogP contribution in [-0.4, -0.2) is 31.7 Å². The van der Waals surface area contributed by atoms with Gasteiger partial charge in [-0.15, -0.1) is 0 Å². The molecule has 1 saturated heterocycles. The molecule has 1 unspecified atom stereocenters. The average Bonchev–Trinajstić information content (AvgIpc) is 2.35. The summed E-state index contributed by atoms with van der Waals surface area (Å²) in [5, 5.41) is 6.44. The summed E-state index contributed by atoms with van der Waals surface area (Å²) in [6.07, 6.45) is 0. The van der Waals surface area contributed by atoms with Crippen molar-refractivity contribution in [3.8, 4) is 0 Å². The first-order valence-corrected chi connectivity index (χ1v) is 6.41. The van der Waals surface area contributed by atoms with Crippen molar-refractivity contribution >= 4 is 39.1 Å². The largest absolute Gasteiger partial charge is 0.378 e. The van der Waals surface area contributed by atoms with Crippen LogP contribution in [0.15, 0.2) is 22.7 Å². The molecule has 0 spiro atoms. The molecular formula is C11H12BrClN2O2. The van der Waals surface area contributed by atoms with Crippen molar-refractivity contribution in [3.05, 3.63) is 27.7 Å². The van der Waals surface area contributed by atoms with E-state index in [2.05, 4.69) is 26.6 Å². The molecule has 1 aromatic carbocycles. The van der Waals surface area contributed by atoms with E-state index >= 15 is 0 Å². The first kappa shape index (κ1) is 12.8. The van der Waals surface area contributed by atoms with Gasteiger partial charge in [-0.05, 0) is 34.1 Å². The SMILES string of the molecule is O=C(Nc1ccc(Br)c(Cl)c1)C1COCCN1. The summed E-state index contributed by atoms with van der Waals surface area (Å²) >= 11 is 9.24. The quantitative estimate of drug-likeness (QED) is 0.877. The van der Waals surface area contributed by atoms with Crippen molar-refractivity contribution in [1.29, 1.82) is 0 Å². The van der Waals surface area contributed by atoms with E-state index in [-0.39, 0.29) is 11.9 Å². The average molecular weight is 320 g/mol. The first-order chi connectivity index (χ1) is 8.16. The van der Waals surface area contributed by atoms with Gasteiger partial charge in [-0.3, -0.25) is 4.79 Å². The van der Waals surface area contributed by atoms with E-state index in [9.17, 15) is 4.79 Å². The number of nitrogens with one attached hydrogen (secondary N) is 2. The number of carbonyl (C=O) groups is 1. The lowest BCUT2D eigenvalue weighted by Gasteiger charge is -2.22. The molecule has 1 heterocycles. The van der Waals surface area contributed by atoms with Gasteiger partial charge in [0, 0.05) is 16.7 Å². The van der Waals surface area contributed by atoms with Crippen LogP contribution in [0.25, 0.3) is 0 Å². The van der Waals surface area contributed by atoms with E-state index < -0.39 is 0 Å². The molecule has 0 aromatic heterocycles. The van der Waals surface area contributed by atoms with E-state index in [0.717, 1.165) is 4.47 Å². The van der Waals surface area contributed by atoms with Gasteiger partial charge in [0.1, 0.15) is 6.04 Å². The molecule has 92 valence electrons. The van der Waals surface area contributed by atoms with Crippen LogP contribution in [0.1, 0.15) is 0 Å². The summed E-state index contributed by atoms with van der Waals surface area (Å²) in [6, 6.07) is 4.99. The lowest BCUT2D eigenvalue weighted by molar-refractivity contribution is -0.120. The highest BCUT2D eigenvalue weighted by atomic mass is 79.9. The number of hydrogen-bond acceptors (Lipinski definition) is 3. The Hall–Kier alpha value is -0.620. The normalized spacial score (nSPS) is 20.0. The molecule has 6 heteroatoms. The van der Waals surface area contributed by atoms with Crippen molar-refractivity contribution < 1.29 is 9.53 Å². The fourth-order valence-electron chi connectivity index (χ4n) is 1.54. The molecule has 1 aromatic rings. The third-order valence-corrected chi connectivity index (χ3v) is 3.66. The molecule has 0 saturated carbocycles. The van der Waals surface area contributed by atoms with Crippen LogP contribution in [-0.2, 0) is 9.53 Å². The molecule has 2 rings (SSSR count). The molecule has 1 aliphatic heterocycles. The Balaban J connectivity index is 1.99. The zero-order chi connectivity index (χ0) is 12.3. The fraction of sp³-hybridized carbons (Fsp3) is 0.364. The summed E-state index contributed by atoms with van der Waals surface area (Å²) in [6.45, 7) is 1.74. The third kappa shape index (κ3) is 3.42. The maximum atomic E-state index is 11.9. The standard InChI is InChI=1S/C11H12BrClN2O2/c12-8-2-1-7(5-9(8)13)15-11(16)10-6-17-4-3-14-10/h1-2,5,10,14H,3-4,6H2,(H,15,16). The summed E-state index contributed by atoms with van der Waals surface area (Å²) in [5.41, 5.74) is 0.676. The Morgan fingerprint density at radius 3 is 3.06 bits per heavy atom. The lowest BCUT2D eigenvalue weighted by Crippen LogP contribution is -2.48. The second-order valence-corrected chi connectivity index (χ2v) is 4.96. The highest BCUT2D eigenvalue weighted by Crippen LogP contribution is 2.25. The summed E-state index contributed by atoms with van der Waals surface area (Å²) < 4.78 is 6.03. The highest BCUT2D eigenvalue weighted by molar-refractivity contribution is 9.10. The molecule has 0 radical (unpaired) electrons. The summed E-state index contributed by atoms with van der Waals surface area (Å²) in [7, 11) is 0. The number of halogens is 2. The van der Waals surface area contributed by atoms with E-state index in [1.54, 1.807) is 18.2 Å². The third-order valence-electron chi connectivity index (χ3n) is 2.43. The van der Waals surface area contributed by atoms with Crippen molar-refractivity contribution in [3.63, 3.8) is 0 Å². The van der Waals surface area contributed by atoms with E-state index in [1.165, 1.54) is 0 Å². The number of morpholine rings is 1. The van der Waals surface area contributed by atoms with Crippen molar-refractivity contribution in [2.75, 3.05) is 25.1 Å². The number of rotatable bonds is 2. The fourth-order valence-corrected chi connectivity index (χ4v) is 1.96. The van der Waals surface area contributed by atoms with Gasteiger partial charge < -0.3 is 15.4 Å². The second-order valence-electron chi connectivity index (χ2n) is 3.70. The summed E-state index contributed by atoms with van der Waals surface area (Å²) in [5.74, 6) is -0.108. The molecule has 4 nitrogen and oxygen atoms in total. The number of amides is 1. The monoisotopic (exact) mass is 318 g/mol. The molecule has 1 atom stereocenters. The molecule has 1 amide bonds. The highest BCUT2D eigenvalue weighted by Gasteiger charge is 2.21. The van der Waals surface area contributed by atoms with Gasteiger partial charge >= 0.3 is 0 Å².